The molecule has 0 saturated carbocycles. The van der Waals surface area contributed by atoms with Crippen LogP contribution in [-0.4, -0.2) is 55.7 Å². The number of nitrogens with one attached hydrogen (secondary N) is 2. The Morgan fingerprint density at radius 1 is 1.35 bits per heavy atom. The van der Waals surface area contributed by atoms with Crippen molar-refractivity contribution in [2.75, 3.05) is 39.5 Å². The molecular formula is C18H33IN4O3. The predicted octanol–water partition coefficient (Wildman–Crippen LogP) is 2.19. The summed E-state index contributed by atoms with van der Waals surface area (Å²) in [7, 11) is 0. The van der Waals surface area contributed by atoms with Crippen LogP contribution in [0.1, 0.15) is 43.2 Å². The van der Waals surface area contributed by atoms with Gasteiger partial charge in [-0.15, -0.1) is 24.0 Å². The smallest absolute Gasteiger partial charge is 0.191 e. The van der Waals surface area contributed by atoms with Gasteiger partial charge in [0.05, 0.1) is 18.8 Å². The van der Waals surface area contributed by atoms with Gasteiger partial charge in [-0.25, -0.2) is 0 Å². The number of aromatic nitrogens is 1. The Morgan fingerprint density at radius 2 is 2.15 bits per heavy atom. The first kappa shape index (κ1) is 23.2. The van der Waals surface area contributed by atoms with Gasteiger partial charge in [0.25, 0.3) is 0 Å². The molecule has 0 radical (unpaired) electrons. The first-order valence-corrected chi connectivity index (χ1v) is 9.23. The Kier molecular flexibility index (Phi) is 10.5. The van der Waals surface area contributed by atoms with Crippen molar-refractivity contribution in [3.05, 3.63) is 17.0 Å². The second-order valence-electron chi connectivity index (χ2n) is 6.80. The predicted molar refractivity (Wildman–Crippen MR) is 113 cm³/mol. The second kappa shape index (κ2) is 11.8. The van der Waals surface area contributed by atoms with E-state index in [4.69, 9.17) is 14.3 Å². The normalized spacial score (nSPS) is 20.1. The van der Waals surface area contributed by atoms with Gasteiger partial charge in [-0.3, -0.25) is 4.99 Å². The zero-order valence-electron chi connectivity index (χ0n) is 16.1. The molecule has 3 N–H and O–H groups in total. The molecule has 1 aliphatic rings. The number of guanidine groups is 1. The average Bonchev–Trinajstić information content (AvgIpc) is 3.18. The topological polar surface area (TPSA) is 91.9 Å². The molecule has 2 heterocycles. The molecule has 0 aliphatic carbocycles. The molecule has 7 nitrogen and oxygen atoms in total. The number of aryl methyl sites for hydroxylation is 2. The van der Waals surface area contributed by atoms with Gasteiger partial charge in [-0.2, -0.15) is 0 Å². The first-order valence-electron chi connectivity index (χ1n) is 9.23. The van der Waals surface area contributed by atoms with Gasteiger partial charge < -0.3 is 25.0 Å². The number of halogens is 1. The van der Waals surface area contributed by atoms with Crippen molar-refractivity contribution in [1.82, 2.24) is 15.8 Å². The van der Waals surface area contributed by atoms with Crippen molar-refractivity contribution < 1.29 is 14.4 Å². The van der Waals surface area contributed by atoms with E-state index >= 15 is 0 Å². The number of hydrogen-bond acceptors (Lipinski definition) is 5. The number of rotatable bonds is 9. The van der Waals surface area contributed by atoms with E-state index in [1.165, 1.54) is 5.56 Å². The van der Waals surface area contributed by atoms with Gasteiger partial charge in [0, 0.05) is 37.3 Å². The van der Waals surface area contributed by atoms with Crippen LogP contribution in [0.5, 0.6) is 0 Å². The summed E-state index contributed by atoms with van der Waals surface area (Å²) in [5.74, 6) is 1.73. The highest BCUT2D eigenvalue weighted by atomic mass is 127. The van der Waals surface area contributed by atoms with Crippen LogP contribution in [0.25, 0.3) is 0 Å². The summed E-state index contributed by atoms with van der Waals surface area (Å²) in [6.07, 6.45) is 3.62. The molecule has 1 atom stereocenters. The zero-order valence-corrected chi connectivity index (χ0v) is 18.5. The molecule has 1 aliphatic heterocycles. The van der Waals surface area contributed by atoms with Gasteiger partial charge >= 0.3 is 0 Å². The molecule has 1 aromatic heterocycles. The highest BCUT2D eigenvalue weighted by molar-refractivity contribution is 14.0. The second-order valence-corrected chi connectivity index (χ2v) is 6.80. The Balaban J connectivity index is 0.00000338. The van der Waals surface area contributed by atoms with Gasteiger partial charge in [-0.05, 0) is 46.5 Å². The van der Waals surface area contributed by atoms with Crippen molar-refractivity contribution >= 4 is 29.9 Å². The Labute approximate surface area is 173 Å². The van der Waals surface area contributed by atoms with Crippen molar-refractivity contribution in [1.29, 1.82) is 0 Å². The van der Waals surface area contributed by atoms with Crippen molar-refractivity contribution in [3.8, 4) is 0 Å². The lowest BCUT2D eigenvalue weighted by Crippen LogP contribution is -2.39. The summed E-state index contributed by atoms with van der Waals surface area (Å²) in [6.45, 7) is 9.95. The third kappa shape index (κ3) is 6.70. The Morgan fingerprint density at radius 3 is 2.73 bits per heavy atom. The number of aliphatic hydroxyl groups excluding tert-OH is 1. The lowest BCUT2D eigenvalue weighted by Gasteiger charge is -2.24. The van der Waals surface area contributed by atoms with Crippen molar-refractivity contribution in [2.45, 2.75) is 46.5 Å². The number of nitrogens with zero attached hydrogens (tertiary/aromatic N) is 2. The quantitative estimate of drug-likeness (QED) is 0.217. The molecule has 1 aromatic rings. The first-order chi connectivity index (χ1) is 12.1. The highest BCUT2D eigenvalue weighted by Gasteiger charge is 2.34. The molecule has 0 spiro atoms. The number of ether oxygens (including phenoxy) is 1. The zero-order chi connectivity index (χ0) is 18.1. The van der Waals surface area contributed by atoms with Gasteiger partial charge in [-0.1, -0.05) is 5.16 Å². The fourth-order valence-corrected chi connectivity index (χ4v) is 3.21. The van der Waals surface area contributed by atoms with Gasteiger partial charge in [0.1, 0.15) is 5.76 Å². The average molecular weight is 480 g/mol. The molecule has 0 aromatic carbocycles. The molecule has 150 valence electrons. The van der Waals surface area contributed by atoms with E-state index in [0.29, 0.717) is 13.2 Å². The number of aliphatic imine (C=N–C) groups is 1. The van der Waals surface area contributed by atoms with Crippen molar-refractivity contribution in [2.24, 2.45) is 10.4 Å². The third-order valence-corrected chi connectivity index (χ3v) is 4.82. The van der Waals surface area contributed by atoms with E-state index < -0.39 is 0 Å². The monoisotopic (exact) mass is 480 g/mol. The molecule has 1 saturated heterocycles. The standard InChI is InChI=1S/C18H32N4O3.HI/c1-4-19-17(21-12-18(7-10-23)8-11-24-13-18)20-9-5-6-16-14(2)22-25-15(16)3;/h23H,4-13H2,1-3H3,(H2,19,20,21);1H. The van der Waals surface area contributed by atoms with Gasteiger partial charge in [0.15, 0.2) is 5.96 Å². The molecule has 1 unspecified atom stereocenters. The van der Waals surface area contributed by atoms with E-state index in [1.807, 2.05) is 13.8 Å². The summed E-state index contributed by atoms with van der Waals surface area (Å²) in [5.41, 5.74) is 2.16. The summed E-state index contributed by atoms with van der Waals surface area (Å²) < 4.78 is 10.7. The maximum absolute atomic E-state index is 9.32. The Bertz CT molecular complexity index is 537. The molecule has 8 heteroatoms. The minimum Gasteiger partial charge on any atom is -0.396 e. The minimum atomic E-state index is -0.0201. The summed E-state index contributed by atoms with van der Waals surface area (Å²) >= 11 is 0. The number of hydrogen-bond donors (Lipinski definition) is 3. The van der Waals surface area contributed by atoms with E-state index in [9.17, 15) is 5.11 Å². The Hall–Kier alpha value is -0.870. The molecule has 0 amide bonds. The third-order valence-electron chi connectivity index (χ3n) is 4.82. The fourth-order valence-electron chi connectivity index (χ4n) is 3.21. The molecule has 2 rings (SSSR count). The van der Waals surface area contributed by atoms with Crippen LogP contribution in [0.2, 0.25) is 0 Å². The number of aliphatic hydroxyl groups is 1. The maximum Gasteiger partial charge on any atom is 0.191 e. The van der Waals surface area contributed by atoms with Crippen LogP contribution in [-0.2, 0) is 11.2 Å². The lowest BCUT2D eigenvalue weighted by molar-refractivity contribution is 0.131. The van der Waals surface area contributed by atoms with Crippen LogP contribution < -0.4 is 10.6 Å². The van der Waals surface area contributed by atoms with Gasteiger partial charge in [0.2, 0.25) is 0 Å². The maximum atomic E-state index is 9.32. The van der Waals surface area contributed by atoms with Crippen molar-refractivity contribution in [3.63, 3.8) is 0 Å². The molecule has 1 fully saturated rings. The minimum absolute atomic E-state index is 0. The van der Waals surface area contributed by atoms with Crippen LogP contribution >= 0.6 is 24.0 Å². The fraction of sp³-hybridized carbons (Fsp3) is 0.778. The van der Waals surface area contributed by atoms with Crippen LogP contribution in [0, 0.1) is 19.3 Å². The molecular weight excluding hydrogens is 447 g/mol. The highest BCUT2D eigenvalue weighted by Crippen LogP contribution is 2.32. The van der Waals surface area contributed by atoms with Crippen LogP contribution in [0.4, 0.5) is 0 Å². The largest absolute Gasteiger partial charge is 0.396 e. The van der Waals surface area contributed by atoms with E-state index in [1.54, 1.807) is 0 Å². The van der Waals surface area contributed by atoms with E-state index in [0.717, 1.165) is 62.8 Å². The summed E-state index contributed by atoms with van der Waals surface area (Å²) in [5, 5.41) is 20.0. The van der Waals surface area contributed by atoms with Crippen LogP contribution in [0.3, 0.4) is 0 Å². The van der Waals surface area contributed by atoms with Crippen LogP contribution in [0.15, 0.2) is 9.52 Å². The van der Waals surface area contributed by atoms with E-state index in [-0.39, 0.29) is 36.0 Å². The summed E-state index contributed by atoms with van der Waals surface area (Å²) in [6, 6.07) is 0. The summed E-state index contributed by atoms with van der Waals surface area (Å²) in [4.78, 5) is 4.73. The van der Waals surface area contributed by atoms with E-state index in [2.05, 4.69) is 22.7 Å². The lowest BCUT2D eigenvalue weighted by atomic mass is 9.84. The molecule has 26 heavy (non-hydrogen) atoms. The SMILES string of the molecule is CCNC(=NCC1(CCO)CCOC1)NCCCc1c(C)noc1C.I. The molecule has 0 bridgehead atoms.